The zero-order valence-electron chi connectivity index (χ0n) is 12.2. The first-order valence-electron chi connectivity index (χ1n) is 7.19. The standard InChI is InChI=1S/C13H25N5O/c1-4-8-14-11(2)12-15-16-17-18(12)10-13(5-6-13)7-9-19-3/h11,14H,4-10H2,1-3H3. The lowest BCUT2D eigenvalue weighted by molar-refractivity contribution is 0.164. The number of nitrogens with zero attached hydrogens (tertiary/aromatic N) is 4. The van der Waals surface area contributed by atoms with Gasteiger partial charge in [0.1, 0.15) is 0 Å². The number of hydrogen-bond acceptors (Lipinski definition) is 5. The van der Waals surface area contributed by atoms with Crippen LogP contribution < -0.4 is 5.32 Å². The Morgan fingerprint density at radius 3 is 2.89 bits per heavy atom. The van der Waals surface area contributed by atoms with E-state index in [9.17, 15) is 0 Å². The molecular formula is C13H25N5O. The van der Waals surface area contributed by atoms with Crippen molar-refractivity contribution in [3.63, 3.8) is 0 Å². The lowest BCUT2D eigenvalue weighted by Gasteiger charge is -2.17. The van der Waals surface area contributed by atoms with Crippen LogP contribution in [0.5, 0.6) is 0 Å². The summed E-state index contributed by atoms with van der Waals surface area (Å²) in [7, 11) is 1.76. The van der Waals surface area contributed by atoms with E-state index in [4.69, 9.17) is 4.74 Å². The van der Waals surface area contributed by atoms with Crippen molar-refractivity contribution >= 4 is 0 Å². The fraction of sp³-hybridized carbons (Fsp3) is 0.923. The van der Waals surface area contributed by atoms with Gasteiger partial charge in [-0.15, -0.1) is 5.10 Å². The molecule has 0 bridgehead atoms. The summed E-state index contributed by atoms with van der Waals surface area (Å²) in [5, 5.41) is 15.6. The predicted molar refractivity (Wildman–Crippen MR) is 72.7 cm³/mol. The molecule has 0 saturated heterocycles. The third-order valence-corrected chi connectivity index (χ3v) is 3.93. The summed E-state index contributed by atoms with van der Waals surface area (Å²) >= 11 is 0. The summed E-state index contributed by atoms with van der Waals surface area (Å²) in [6.45, 7) is 7.00. The second-order valence-electron chi connectivity index (χ2n) is 5.61. The molecule has 1 fully saturated rings. The van der Waals surface area contributed by atoms with Gasteiger partial charge in [-0.25, -0.2) is 4.68 Å². The number of aromatic nitrogens is 4. The van der Waals surface area contributed by atoms with E-state index < -0.39 is 0 Å². The molecule has 0 radical (unpaired) electrons. The van der Waals surface area contributed by atoms with Crippen LogP contribution in [0.2, 0.25) is 0 Å². The van der Waals surface area contributed by atoms with Crippen LogP contribution in [0.3, 0.4) is 0 Å². The van der Waals surface area contributed by atoms with Crippen LogP contribution in [0.1, 0.15) is 51.4 Å². The van der Waals surface area contributed by atoms with Gasteiger partial charge in [0.15, 0.2) is 5.82 Å². The minimum absolute atomic E-state index is 0.202. The van der Waals surface area contributed by atoms with Gasteiger partial charge in [0.2, 0.25) is 0 Å². The molecular weight excluding hydrogens is 242 g/mol. The van der Waals surface area contributed by atoms with Gasteiger partial charge in [0.05, 0.1) is 12.6 Å². The normalized spacial score (nSPS) is 18.5. The first-order valence-corrected chi connectivity index (χ1v) is 7.19. The van der Waals surface area contributed by atoms with Crippen LogP contribution in [0.4, 0.5) is 0 Å². The van der Waals surface area contributed by atoms with Gasteiger partial charge in [0.25, 0.3) is 0 Å². The van der Waals surface area contributed by atoms with Gasteiger partial charge in [0, 0.05) is 13.7 Å². The summed E-state index contributed by atoms with van der Waals surface area (Å²) in [5.41, 5.74) is 0.366. The molecule has 1 aliphatic rings. The fourth-order valence-corrected chi connectivity index (χ4v) is 2.39. The summed E-state index contributed by atoms with van der Waals surface area (Å²) in [4.78, 5) is 0. The van der Waals surface area contributed by atoms with Crippen LogP contribution in [0.25, 0.3) is 0 Å². The van der Waals surface area contributed by atoms with Crippen molar-refractivity contribution in [2.75, 3.05) is 20.3 Å². The zero-order valence-corrected chi connectivity index (χ0v) is 12.2. The maximum Gasteiger partial charge on any atom is 0.167 e. The summed E-state index contributed by atoms with van der Waals surface area (Å²) in [6, 6.07) is 0.202. The van der Waals surface area contributed by atoms with E-state index in [1.165, 1.54) is 12.8 Å². The van der Waals surface area contributed by atoms with E-state index in [2.05, 4.69) is 34.7 Å². The highest BCUT2D eigenvalue weighted by atomic mass is 16.5. The summed E-state index contributed by atoms with van der Waals surface area (Å²) in [5.74, 6) is 0.942. The third-order valence-electron chi connectivity index (χ3n) is 3.93. The second-order valence-corrected chi connectivity index (χ2v) is 5.61. The molecule has 1 atom stereocenters. The molecule has 0 aliphatic heterocycles. The average molecular weight is 267 g/mol. The highest BCUT2D eigenvalue weighted by Crippen LogP contribution is 2.50. The van der Waals surface area contributed by atoms with E-state index in [0.717, 1.165) is 38.4 Å². The van der Waals surface area contributed by atoms with Crippen molar-refractivity contribution in [3.8, 4) is 0 Å². The Balaban J connectivity index is 1.95. The monoisotopic (exact) mass is 267 g/mol. The van der Waals surface area contributed by atoms with E-state index in [0.29, 0.717) is 5.41 Å². The molecule has 108 valence electrons. The zero-order chi connectivity index (χ0) is 13.7. The molecule has 1 aromatic heterocycles. The Bertz CT molecular complexity index is 388. The van der Waals surface area contributed by atoms with Crippen LogP contribution in [0, 0.1) is 5.41 Å². The molecule has 6 heteroatoms. The van der Waals surface area contributed by atoms with Crippen molar-refractivity contribution in [2.45, 2.75) is 52.1 Å². The van der Waals surface area contributed by atoms with Crippen molar-refractivity contribution in [3.05, 3.63) is 5.82 Å². The number of nitrogens with one attached hydrogen (secondary N) is 1. The Labute approximate surface area is 114 Å². The Morgan fingerprint density at radius 2 is 2.26 bits per heavy atom. The number of ether oxygens (including phenoxy) is 1. The van der Waals surface area contributed by atoms with Crippen molar-refractivity contribution < 1.29 is 4.74 Å². The van der Waals surface area contributed by atoms with Crippen molar-refractivity contribution in [1.29, 1.82) is 0 Å². The number of tetrazole rings is 1. The second kappa shape index (κ2) is 6.43. The molecule has 6 nitrogen and oxygen atoms in total. The summed E-state index contributed by atoms with van der Waals surface area (Å²) < 4.78 is 7.16. The molecule has 2 rings (SSSR count). The van der Waals surface area contributed by atoms with Gasteiger partial charge < -0.3 is 10.1 Å². The molecule has 1 N–H and O–H groups in total. The Morgan fingerprint density at radius 1 is 1.47 bits per heavy atom. The van der Waals surface area contributed by atoms with E-state index >= 15 is 0 Å². The molecule has 0 amide bonds. The number of hydrogen-bond donors (Lipinski definition) is 1. The molecule has 0 aromatic carbocycles. The van der Waals surface area contributed by atoms with Gasteiger partial charge >= 0.3 is 0 Å². The maximum absolute atomic E-state index is 5.19. The first-order chi connectivity index (χ1) is 9.21. The van der Waals surface area contributed by atoms with E-state index in [-0.39, 0.29) is 6.04 Å². The Kier molecular flexibility index (Phi) is 4.87. The third kappa shape index (κ3) is 3.73. The number of rotatable bonds is 9. The van der Waals surface area contributed by atoms with E-state index in [1.54, 1.807) is 7.11 Å². The quantitative estimate of drug-likeness (QED) is 0.735. The predicted octanol–water partition coefficient (Wildman–Crippen LogP) is 1.55. The molecule has 1 aliphatic carbocycles. The van der Waals surface area contributed by atoms with Crippen LogP contribution in [-0.4, -0.2) is 40.5 Å². The minimum Gasteiger partial charge on any atom is -0.385 e. The fourth-order valence-electron chi connectivity index (χ4n) is 2.39. The van der Waals surface area contributed by atoms with Gasteiger partial charge in [-0.2, -0.15) is 0 Å². The number of methoxy groups -OCH3 is 1. The highest BCUT2D eigenvalue weighted by molar-refractivity contribution is 4.97. The van der Waals surface area contributed by atoms with Crippen LogP contribution >= 0.6 is 0 Å². The van der Waals surface area contributed by atoms with Gasteiger partial charge in [-0.1, -0.05) is 6.92 Å². The lowest BCUT2D eigenvalue weighted by atomic mass is 10.0. The van der Waals surface area contributed by atoms with Crippen LogP contribution in [0.15, 0.2) is 0 Å². The average Bonchev–Trinajstić information content (AvgIpc) is 3.02. The van der Waals surface area contributed by atoms with E-state index in [1.807, 2.05) is 4.68 Å². The van der Waals surface area contributed by atoms with Gasteiger partial charge in [-0.3, -0.25) is 0 Å². The molecule has 1 heterocycles. The van der Waals surface area contributed by atoms with Crippen molar-refractivity contribution in [2.24, 2.45) is 5.41 Å². The lowest BCUT2D eigenvalue weighted by Crippen LogP contribution is -2.25. The minimum atomic E-state index is 0.202. The summed E-state index contributed by atoms with van der Waals surface area (Å²) in [6.07, 6.45) is 4.72. The molecule has 0 spiro atoms. The van der Waals surface area contributed by atoms with Crippen molar-refractivity contribution in [1.82, 2.24) is 25.5 Å². The van der Waals surface area contributed by atoms with Gasteiger partial charge in [-0.05, 0) is 55.0 Å². The smallest absolute Gasteiger partial charge is 0.167 e. The molecule has 19 heavy (non-hydrogen) atoms. The SMILES string of the molecule is CCCNC(C)c1nnnn1CC1(CCOC)CC1. The maximum atomic E-state index is 5.19. The Hall–Kier alpha value is -1.01. The molecule has 1 saturated carbocycles. The topological polar surface area (TPSA) is 64.9 Å². The highest BCUT2D eigenvalue weighted by Gasteiger charge is 2.43. The molecule has 1 aromatic rings. The first kappa shape index (κ1) is 14.4. The van der Waals surface area contributed by atoms with Crippen LogP contribution in [-0.2, 0) is 11.3 Å². The largest absolute Gasteiger partial charge is 0.385 e. The molecule has 1 unspecified atom stereocenters.